The molecule has 0 spiro atoms. The summed E-state index contributed by atoms with van der Waals surface area (Å²) in [7, 11) is 0. The summed E-state index contributed by atoms with van der Waals surface area (Å²) in [4.78, 5) is 27.7. The predicted octanol–water partition coefficient (Wildman–Crippen LogP) is 3.51. The van der Waals surface area contributed by atoms with Crippen LogP contribution in [-0.4, -0.2) is 104 Å². The molecule has 6 heterocycles. The average Bonchev–Trinajstić information content (AvgIpc) is 3.77. The van der Waals surface area contributed by atoms with Crippen LogP contribution in [0, 0.1) is 0 Å². The Morgan fingerprint density at radius 1 is 0.500 bits per heavy atom. The van der Waals surface area contributed by atoms with Crippen LogP contribution in [0.15, 0.2) is 44.9 Å². The van der Waals surface area contributed by atoms with Gasteiger partial charge in [0.15, 0.2) is 20.6 Å². The first-order valence-electron chi connectivity index (χ1n) is 12.8. The fraction of sp³-hybridized carbons (Fsp3) is 0.500. The number of hydrogen-bond donors (Lipinski definition) is 2. The van der Waals surface area contributed by atoms with E-state index in [0.717, 1.165) is 60.8 Å². The molecule has 12 nitrogen and oxygen atoms in total. The van der Waals surface area contributed by atoms with E-state index in [1.807, 2.05) is 24.3 Å². The van der Waals surface area contributed by atoms with Crippen molar-refractivity contribution in [3.63, 3.8) is 0 Å². The fourth-order valence-electron chi connectivity index (χ4n) is 3.27. The summed E-state index contributed by atoms with van der Waals surface area (Å²) < 4.78 is 21.3. The molecule has 4 saturated heterocycles. The van der Waals surface area contributed by atoms with Gasteiger partial charge in [0, 0.05) is 34.4 Å². The SMILES string of the molecule is c1cc(Nc2nc(SCC3CO3)nc(SCC3CO3)n2)ccc1Nc1nc(SCC2CO2)nc(SCC2CO2)n1. The van der Waals surface area contributed by atoms with Crippen LogP contribution in [-0.2, 0) is 18.9 Å². The minimum absolute atomic E-state index is 0.294. The maximum absolute atomic E-state index is 5.33. The number of nitrogens with one attached hydrogen (secondary N) is 2. The molecule has 0 radical (unpaired) electrons. The van der Waals surface area contributed by atoms with Crippen molar-refractivity contribution in [2.24, 2.45) is 0 Å². The lowest BCUT2D eigenvalue weighted by Gasteiger charge is -2.10. The normalized spacial score (nSPS) is 24.0. The molecule has 4 fully saturated rings. The van der Waals surface area contributed by atoms with Crippen LogP contribution in [0.25, 0.3) is 0 Å². The lowest BCUT2D eigenvalue weighted by Crippen LogP contribution is -2.05. The Hall–Kier alpha value is -1.92. The highest BCUT2D eigenvalue weighted by Gasteiger charge is 2.26. The molecule has 0 saturated carbocycles. The van der Waals surface area contributed by atoms with E-state index in [2.05, 4.69) is 40.5 Å². The van der Waals surface area contributed by atoms with E-state index in [-0.39, 0.29) is 0 Å². The van der Waals surface area contributed by atoms with Gasteiger partial charge in [0.2, 0.25) is 11.9 Å². The van der Waals surface area contributed by atoms with Gasteiger partial charge in [-0.05, 0) is 24.3 Å². The van der Waals surface area contributed by atoms with Gasteiger partial charge in [0.05, 0.1) is 50.8 Å². The van der Waals surface area contributed by atoms with Crippen molar-refractivity contribution in [3.05, 3.63) is 24.3 Å². The van der Waals surface area contributed by atoms with Gasteiger partial charge in [0.25, 0.3) is 0 Å². The number of rotatable bonds is 16. The molecule has 7 rings (SSSR count). The molecule has 4 aliphatic heterocycles. The number of epoxide rings is 4. The van der Waals surface area contributed by atoms with E-state index < -0.39 is 0 Å². The molecule has 3 aromatic rings. The van der Waals surface area contributed by atoms with Crippen LogP contribution in [0.4, 0.5) is 23.3 Å². The second-order valence-electron chi connectivity index (χ2n) is 9.34. The van der Waals surface area contributed by atoms with Crippen molar-refractivity contribution in [3.8, 4) is 0 Å². The maximum Gasteiger partial charge on any atom is 0.232 e. The predicted molar refractivity (Wildman–Crippen MR) is 155 cm³/mol. The Morgan fingerprint density at radius 2 is 0.775 bits per heavy atom. The number of ether oxygens (including phenoxy) is 4. The van der Waals surface area contributed by atoms with Crippen LogP contribution in [0.2, 0.25) is 0 Å². The van der Waals surface area contributed by atoms with Gasteiger partial charge in [-0.15, -0.1) is 0 Å². The zero-order valence-corrected chi connectivity index (χ0v) is 24.5. The van der Waals surface area contributed by atoms with Crippen molar-refractivity contribution in [1.29, 1.82) is 0 Å². The first kappa shape index (κ1) is 26.9. The van der Waals surface area contributed by atoms with E-state index in [1.54, 1.807) is 47.0 Å². The molecule has 0 amide bonds. The van der Waals surface area contributed by atoms with Gasteiger partial charge < -0.3 is 29.6 Å². The molecule has 4 unspecified atom stereocenters. The summed E-state index contributed by atoms with van der Waals surface area (Å²) in [5.41, 5.74) is 1.72. The van der Waals surface area contributed by atoms with Gasteiger partial charge in [0.1, 0.15) is 0 Å². The number of anilines is 4. The molecule has 1 aromatic carbocycles. The first-order chi connectivity index (χ1) is 19.7. The molecule has 16 heteroatoms. The third kappa shape index (κ3) is 8.55. The summed E-state index contributed by atoms with van der Waals surface area (Å²) in [5, 5.41) is 9.37. The van der Waals surface area contributed by atoms with Gasteiger partial charge in [-0.25, -0.2) is 0 Å². The van der Waals surface area contributed by atoms with Crippen molar-refractivity contribution >= 4 is 70.3 Å². The maximum atomic E-state index is 5.33. The van der Waals surface area contributed by atoms with Gasteiger partial charge in [-0.2, -0.15) is 29.9 Å². The summed E-state index contributed by atoms with van der Waals surface area (Å²) in [6.07, 6.45) is 1.18. The lowest BCUT2D eigenvalue weighted by molar-refractivity contribution is 0.425. The van der Waals surface area contributed by atoms with Crippen molar-refractivity contribution in [1.82, 2.24) is 29.9 Å². The van der Waals surface area contributed by atoms with Crippen molar-refractivity contribution in [2.45, 2.75) is 45.0 Å². The standard InChI is InChI=1S/C24H26N8O4S4/c1-2-14(26-20-29-23(39-11-17-7-35-17)32-24(30-20)40-12-18-8-36-18)4-3-13(1)25-19-27-21(37-9-15-5-33-15)31-22(28-19)38-10-16-6-34-16/h1-4,15-18H,5-12H2,(H,25,27,28,31)(H,26,29,30,32). The number of thioether (sulfide) groups is 4. The monoisotopic (exact) mass is 618 g/mol. The molecule has 2 aromatic heterocycles. The van der Waals surface area contributed by atoms with Gasteiger partial charge >= 0.3 is 0 Å². The lowest BCUT2D eigenvalue weighted by atomic mass is 10.3. The van der Waals surface area contributed by atoms with Crippen LogP contribution in [0.1, 0.15) is 0 Å². The third-order valence-corrected chi connectivity index (χ3v) is 9.71. The van der Waals surface area contributed by atoms with Crippen molar-refractivity contribution in [2.75, 3.05) is 60.1 Å². The Bertz CT molecular complexity index is 1160. The van der Waals surface area contributed by atoms with E-state index in [0.29, 0.717) is 56.9 Å². The Labute approximate surface area is 247 Å². The molecule has 2 N–H and O–H groups in total. The van der Waals surface area contributed by atoms with Crippen LogP contribution in [0.5, 0.6) is 0 Å². The Balaban J connectivity index is 1.01. The highest BCUT2D eigenvalue weighted by Crippen LogP contribution is 2.29. The summed E-state index contributed by atoms with van der Waals surface area (Å²) >= 11 is 6.34. The third-order valence-electron chi connectivity index (χ3n) is 5.79. The average molecular weight is 619 g/mol. The van der Waals surface area contributed by atoms with E-state index in [9.17, 15) is 0 Å². The molecule has 40 heavy (non-hydrogen) atoms. The molecular formula is C24H26N8O4S4. The van der Waals surface area contributed by atoms with E-state index in [1.165, 1.54) is 0 Å². The summed E-state index contributed by atoms with van der Waals surface area (Å²) in [5.74, 6) is 4.35. The smallest absolute Gasteiger partial charge is 0.232 e. The minimum Gasteiger partial charge on any atom is -0.372 e. The van der Waals surface area contributed by atoms with Crippen LogP contribution < -0.4 is 10.6 Å². The Kier molecular flexibility index (Phi) is 8.44. The van der Waals surface area contributed by atoms with E-state index >= 15 is 0 Å². The quantitative estimate of drug-likeness (QED) is 0.178. The topological polar surface area (TPSA) is 152 Å². The van der Waals surface area contributed by atoms with E-state index in [4.69, 9.17) is 18.9 Å². The molecule has 4 aliphatic rings. The summed E-state index contributed by atoms with van der Waals surface area (Å²) in [6, 6.07) is 7.85. The highest BCUT2D eigenvalue weighted by atomic mass is 32.2. The number of hydrogen-bond acceptors (Lipinski definition) is 16. The fourth-order valence-corrected chi connectivity index (χ4v) is 6.70. The number of nitrogens with zero attached hydrogens (tertiary/aromatic N) is 6. The second-order valence-corrected chi connectivity index (χ2v) is 13.3. The molecular weight excluding hydrogens is 593 g/mol. The number of aromatic nitrogens is 6. The summed E-state index contributed by atoms with van der Waals surface area (Å²) in [6.45, 7) is 3.22. The van der Waals surface area contributed by atoms with Crippen LogP contribution >= 0.6 is 47.0 Å². The van der Waals surface area contributed by atoms with Crippen LogP contribution in [0.3, 0.4) is 0 Å². The van der Waals surface area contributed by atoms with Gasteiger partial charge in [-0.3, -0.25) is 0 Å². The molecule has 4 atom stereocenters. The number of benzene rings is 1. The largest absolute Gasteiger partial charge is 0.372 e. The zero-order chi connectivity index (χ0) is 26.7. The Morgan fingerprint density at radius 3 is 1.02 bits per heavy atom. The van der Waals surface area contributed by atoms with Crippen molar-refractivity contribution < 1.29 is 18.9 Å². The molecule has 210 valence electrons. The second kappa shape index (κ2) is 12.5. The zero-order valence-electron chi connectivity index (χ0n) is 21.2. The first-order valence-corrected chi connectivity index (χ1v) is 16.8. The minimum atomic E-state index is 0.294. The molecule has 0 bridgehead atoms. The van der Waals surface area contributed by atoms with Gasteiger partial charge in [-0.1, -0.05) is 47.0 Å². The highest BCUT2D eigenvalue weighted by molar-refractivity contribution is 8.00. The molecule has 0 aliphatic carbocycles.